The monoisotopic (exact) mass is 484 g/mol. The van der Waals surface area contributed by atoms with E-state index in [-0.39, 0.29) is 67.0 Å². The fraction of sp³-hybridized carbons (Fsp3) is 0.458. The van der Waals surface area contributed by atoms with Crippen molar-refractivity contribution in [1.82, 2.24) is 30.8 Å². The van der Waals surface area contributed by atoms with Crippen molar-refractivity contribution in [1.29, 1.82) is 0 Å². The van der Waals surface area contributed by atoms with Crippen molar-refractivity contribution in [3.63, 3.8) is 0 Å². The summed E-state index contributed by atoms with van der Waals surface area (Å²) in [6.45, 7) is 1.98. The maximum atomic E-state index is 13.3. The Morgan fingerprint density at radius 1 is 1.14 bits per heavy atom. The molecule has 11 heteroatoms. The average Bonchev–Trinajstić information content (AvgIpc) is 3.37. The Morgan fingerprint density at radius 3 is 2.63 bits per heavy atom. The van der Waals surface area contributed by atoms with Gasteiger partial charge >= 0.3 is 0 Å². The number of rotatable bonds is 7. The van der Waals surface area contributed by atoms with Gasteiger partial charge in [-0.1, -0.05) is 12.1 Å². The summed E-state index contributed by atoms with van der Waals surface area (Å²) in [6.07, 6.45) is 3.61. The van der Waals surface area contributed by atoms with Crippen molar-refractivity contribution in [2.75, 3.05) is 0 Å². The van der Waals surface area contributed by atoms with E-state index in [1.165, 1.54) is 6.20 Å². The molecule has 2 aliphatic carbocycles. The maximum Gasteiger partial charge on any atom is 0.288 e. The number of aromatic nitrogens is 4. The van der Waals surface area contributed by atoms with Crippen molar-refractivity contribution in [2.45, 2.75) is 63.5 Å². The van der Waals surface area contributed by atoms with Crippen LogP contribution in [0.25, 0.3) is 22.8 Å². The highest BCUT2D eigenvalue weighted by atomic mass is 19.3. The van der Waals surface area contributed by atoms with E-state index in [0.717, 1.165) is 12.8 Å². The van der Waals surface area contributed by atoms with Crippen LogP contribution in [-0.4, -0.2) is 50.0 Å². The molecule has 0 aliphatic heterocycles. The second-order valence-electron chi connectivity index (χ2n) is 9.32. The molecule has 2 aromatic heterocycles. The van der Waals surface area contributed by atoms with Gasteiger partial charge in [0, 0.05) is 36.1 Å². The Balaban J connectivity index is 1.25. The lowest BCUT2D eigenvalue weighted by Gasteiger charge is -2.28. The fourth-order valence-electron chi connectivity index (χ4n) is 4.23. The van der Waals surface area contributed by atoms with Gasteiger partial charge in [-0.25, -0.2) is 18.7 Å². The fourth-order valence-corrected chi connectivity index (χ4v) is 4.23. The molecule has 0 saturated heterocycles. The van der Waals surface area contributed by atoms with Crippen LogP contribution in [-0.2, 0) is 0 Å². The third-order valence-corrected chi connectivity index (χ3v) is 6.54. The van der Waals surface area contributed by atoms with Crippen LogP contribution in [0.3, 0.4) is 0 Å². The van der Waals surface area contributed by atoms with E-state index in [2.05, 4.69) is 30.8 Å². The van der Waals surface area contributed by atoms with Gasteiger partial charge < -0.3 is 15.1 Å². The van der Waals surface area contributed by atoms with Gasteiger partial charge in [-0.3, -0.25) is 14.7 Å². The van der Waals surface area contributed by atoms with Crippen LogP contribution < -0.4 is 10.6 Å². The number of carbonyl (C=O) groups excluding carboxylic acids is 2. The molecule has 2 fully saturated rings. The summed E-state index contributed by atoms with van der Waals surface area (Å²) in [4.78, 5) is 33.4. The van der Waals surface area contributed by atoms with Gasteiger partial charge in [-0.2, -0.15) is 5.10 Å². The first-order valence-corrected chi connectivity index (χ1v) is 11.8. The Morgan fingerprint density at radius 2 is 1.89 bits per heavy atom. The number of oxazole rings is 1. The first-order valence-electron chi connectivity index (χ1n) is 11.8. The molecule has 1 atom stereocenters. The van der Waals surface area contributed by atoms with Crippen LogP contribution in [0, 0.1) is 5.92 Å². The quantitative estimate of drug-likeness (QED) is 0.466. The van der Waals surface area contributed by atoms with Crippen molar-refractivity contribution in [3.05, 3.63) is 42.0 Å². The van der Waals surface area contributed by atoms with E-state index in [0.29, 0.717) is 17.0 Å². The van der Waals surface area contributed by atoms with Gasteiger partial charge in [0.2, 0.25) is 23.4 Å². The number of hydrogen-bond donors (Lipinski definition) is 3. The van der Waals surface area contributed by atoms with Crippen LogP contribution in [0.4, 0.5) is 8.78 Å². The minimum Gasteiger partial charge on any atom is -0.431 e. The van der Waals surface area contributed by atoms with Crippen molar-refractivity contribution in [3.8, 4) is 22.8 Å². The molecule has 0 unspecified atom stereocenters. The minimum absolute atomic E-state index is 0.00241. The van der Waals surface area contributed by atoms with Crippen LogP contribution in [0.2, 0.25) is 0 Å². The Bertz CT molecular complexity index is 1230. The van der Waals surface area contributed by atoms with Crippen LogP contribution >= 0.6 is 0 Å². The first-order chi connectivity index (χ1) is 16.8. The van der Waals surface area contributed by atoms with Crippen LogP contribution in [0.1, 0.15) is 66.6 Å². The highest BCUT2D eigenvalue weighted by molar-refractivity contribution is 5.92. The molecule has 184 valence electrons. The molecule has 0 spiro atoms. The number of alkyl halides is 2. The second-order valence-corrected chi connectivity index (χ2v) is 9.32. The number of nitrogens with zero attached hydrogens (tertiary/aromatic N) is 3. The highest BCUT2D eigenvalue weighted by Gasteiger charge is 2.35. The molecule has 2 heterocycles. The van der Waals surface area contributed by atoms with Gasteiger partial charge in [0.15, 0.2) is 5.82 Å². The molecule has 2 amide bonds. The molecular formula is C24H26F2N6O3. The SMILES string of the molecule is C[C@H](NC(=O)c1cnc(-c2cccc(-c3n[nH]c(C(=O)NC4CCC(F)(F)CC4)n3)c2)o1)C1CC1. The number of H-pyrrole nitrogens is 1. The first kappa shape index (κ1) is 23.1. The van der Waals surface area contributed by atoms with E-state index < -0.39 is 11.8 Å². The summed E-state index contributed by atoms with van der Waals surface area (Å²) in [7, 11) is 0. The third kappa shape index (κ3) is 5.39. The van der Waals surface area contributed by atoms with Crippen LogP contribution in [0.15, 0.2) is 34.9 Å². The molecule has 3 N–H and O–H groups in total. The Hall–Kier alpha value is -3.63. The van der Waals surface area contributed by atoms with Crippen molar-refractivity contribution >= 4 is 11.8 Å². The molecule has 0 radical (unpaired) electrons. The number of carbonyl (C=O) groups is 2. The molecule has 1 aromatic carbocycles. The maximum absolute atomic E-state index is 13.3. The topological polar surface area (TPSA) is 126 Å². The van der Waals surface area contributed by atoms with Gasteiger partial charge in [0.05, 0.1) is 6.20 Å². The lowest BCUT2D eigenvalue weighted by Crippen LogP contribution is -2.40. The van der Waals surface area contributed by atoms with Gasteiger partial charge in [-0.15, -0.1) is 0 Å². The van der Waals surface area contributed by atoms with Gasteiger partial charge in [0.25, 0.3) is 11.8 Å². The average molecular weight is 485 g/mol. The number of aromatic amines is 1. The third-order valence-electron chi connectivity index (χ3n) is 6.54. The lowest BCUT2D eigenvalue weighted by atomic mass is 9.92. The minimum atomic E-state index is -2.66. The number of halogens is 2. The van der Waals surface area contributed by atoms with Gasteiger partial charge in [0.1, 0.15) is 0 Å². The Labute approximate surface area is 200 Å². The summed E-state index contributed by atoms with van der Waals surface area (Å²) in [6, 6.07) is 6.84. The summed E-state index contributed by atoms with van der Waals surface area (Å²) in [5.74, 6) is -2.22. The van der Waals surface area contributed by atoms with Crippen molar-refractivity contribution in [2.24, 2.45) is 5.92 Å². The zero-order chi connectivity index (χ0) is 24.6. The van der Waals surface area contributed by atoms with E-state index in [1.54, 1.807) is 24.3 Å². The highest BCUT2D eigenvalue weighted by Crippen LogP contribution is 2.33. The smallest absolute Gasteiger partial charge is 0.288 e. The predicted molar refractivity (Wildman–Crippen MR) is 122 cm³/mol. The van der Waals surface area contributed by atoms with Crippen LogP contribution in [0.5, 0.6) is 0 Å². The largest absolute Gasteiger partial charge is 0.431 e. The van der Waals surface area contributed by atoms with E-state index in [4.69, 9.17) is 4.42 Å². The standard InChI is InChI=1S/C24H26F2N6O3/c1-13(14-5-6-14)28-21(33)18-12-27-23(35-18)16-4-2-3-15(11-16)19-30-20(32-31-19)22(34)29-17-7-9-24(25,26)10-8-17/h2-4,11-14,17H,5-10H2,1H3,(H,28,33)(H,29,34)(H,30,31,32)/t13-/m0/s1. The molecule has 9 nitrogen and oxygen atoms in total. The van der Waals surface area contributed by atoms with E-state index in [9.17, 15) is 18.4 Å². The zero-order valence-corrected chi connectivity index (χ0v) is 19.2. The molecular weight excluding hydrogens is 458 g/mol. The summed E-state index contributed by atoms with van der Waals surface area (Å²) >= 11 is 0. The van der Waals surface area contributed by atoms with E-state index >= 15 is 0 Å². The molecule has 35 heavy (non-hydrogen) atoms. The summed E-state index contributed by atoms with van der Waals surface area (Å²) in [5.41, 5.74) is 1.23. The normalized spacial score (nSPS) is 18.7. The zero-order valence-electron chi connectivity index (χ0n) is 19.2. The number of hydrogen-bond acceptors (Lipinski definition) is 6. The van der Waals surface area contributed by atoms with Gasteiger partial charge in [-0.05, 0) is 50.7 Å². The second kappa shape index (κ2) is 9.20. The number of benzene rings is 1. The van der Waals surface area contributed by atoms with Crippen molar-refractivity contribution < 1.29 is 22.8 Å². The molecule has 2 aliphatic rings. The predicted octanol–water partition coefficient (Wildman–Crippen LogP) is 3.96. The summed E-state index contributed by atoms with van der Waals surface area (Å²) < 4.78 is 32.3. The van der Waals surface area contributed by atoms with E-state index in [1.807, 2.05) is 6.92 Å². The number of amides is 2. The number of nitrogens with one attached hydrogen (secondary N) is 3. The Kier molecular flexibility index (Phi) is 6.08. The summed E-state index contributed by atoms with van der Waals surface area (Å²) in [5, 5.41) is 12.4. The molecule has 5 rings (SSSR count). The molecule has 3 aromatic rings. The lowest BCUT2D eigenvalue weighted by molar-refractivity contribution is -0.0399. The molecule has 2 saturated carbocycles. The molecule has 0 bridgehead atoms.